The van der Waals surface area contributed by atoms with Crippen LogP contribution in [0.3, 0.4) is 0 Å². The second-order valence-electron chi connectivity index (χ2n) is 5.48. The summed E-state index contributed by atoms with van der Waals surface area (Å²) in [6.45, 7) is 4.28. The van der Waals surface area contributed by atoms with E-state index in [-0.39, 0.29) is 5.78 Å². The number of nitrogens with zero attached hydrogens (tertiary/aromatic N) is 2. The summed E-state index contributed by atoms with van der Waals surface area (Å²) in [6.07, 6.45) is 6.59. The molecule has 0 saturated heterocycles. The standard InChI is InChI=1S/C14H22N2O2/c1-3-5-12(17)9-13-15-14(16-18-13)11-7-4-6-10(2)8-11/h10-11H,3-9H2,1-2H3. The van der Waals surface area contributed by atoms with E-state index < -0.39 is 0 Å². The number of rotatable bonds is 5. The molecular weight excluding hydrogens is 228 g/mol. The van der Waals surface area contributed by atoms with Crippen LogP contribution in [0.2, 0.25) is 0 Å². The van der Waals surface area contributed by atoms with Crippen molar-refractivity contribution in [2.45, 2.75) is 64.7 Å². The number of aromatic nitrogens is 2. The molecule has 1 aromatic heterocycles. The van der Waals surface area contributed by atoms with Crippen LogP contribution in [-0.4, -0.2) is 15.9 Å². The molecule has 2 rings (SSSR count). The molecule has 0 N–H and O–H groups in total. The first-order valence-corrected chi connectivity index (χ1v) is 7.03. The second kappa shape index (κ2) is 6.12. The van der Waals surface area contributed by atoms with Gasteiger partial charge < -0.3 is 4.52 Å². The predicted octanol–water partition coefficient (Wildman–Crippen LogP) is 3.28. The Morgan fingerprint density at radius 2 is 2.28 bits per heavy atom. The first kappa shape index (κ1) is 13.2. The van der Waals surface area contributed by atoms with Crippen molar-refractivity contribution in [1.82, 2.24) is 10.1 Å². The quantitative estimate of drug-likeness (QED) is 0.804. The number of hydrogen-bond acceptors (Lipinski definition) is 4. The molecule has 2 atom stereocenters. The van der Waals surface area contributed by atoms with Gasteiger partial charge in [-0.2, -0.15) is 4.98 Å². The Morgan fingerprint density at radius 1 is 1.44 bits per heavy atom. The molecule has 0 aliphatic heterocycles. The average Bonchev–Trinajstić information content (AvgIpc) is 2.78. The first-order valence-electron chi connectivity index (χ1n) is 7.03. The third kappa shape index (κ3) is 3.40. The molecule has 1 aliphatic rings. The normalized spacial score (nSPS) is 24.1. The van der Waals surface area contributed by atoms with Crippen LogP contribution >= 0.6 is 0 Å². The van der Waals surface area contributed by atoms with Crippen LogP contribution in [0.4, 0.5) is 0 Å². The lowest BCUT2D eigenvalue weighted by Gasteiger charge is -2.23. The fourth-order valence-electron chi connectivity index (χ4n) is 2.71. The maximum absolute atomic E-state index is 11.5. The first-order chi connectivity index (χ1) is 8.69. The van der Waals surface area contributed by atoms with E-state index in [2.05, 4.69) is 17.1 Å². The van der Waals surface area contributed by atoms with Gasteiger partial charge in [0.2, 0.25) is 5.89 Å². The minimum absolute atomic E-state index is 0.185. The smallest absolute Gasteiger partial charge is 0.234 e. The van der Waals surface area contributed by atoms with Crippen molar-refractivity contribution in [1.29, 1.82) is 0 Å². The van der Waals surface area contributed by atoms with Crippen LogP contribution in [0, 0.1) is 5.92 Å². The molecule has 4 heteroatoms. The zero-order chi connectivity index (χ0) is 13.0. The fourth-order valence-corrected chi connectivity index (χ4v) is 2.71. The highest BCUT2D eigenvalue weighted by molar-refractivity contribution is 5.79. The molecule has 1 heterocycles. The zero-order valence-electron chi connectivity index (χ0n) is 11.3. The topological polar surface area (TPSA) is 56.0 Å². The Labute approximate surface area is 108 Å². The lowest BCUT2D eigenvalue weighted by Crippen LogP contribution is -2.13. The van der Waals surface area contributed by atoms with Gasteiger partial charge in [0.1, 0.15) is 5.78 Å². The molecule has 0 spiro atoms. The predicted molar refractivity (Wildman–Crippen MR) is 68.3 cm³/mol. The molecule has 0 aromatic carbocycles. The van der Waals surface area contributed by atoms with Gasteiger partial charge >= 0.3 is 0 Å². The van der Waals surface area contributed by atoms with E-state index in [0.717, 1.165) is 31.0 Å². The zero-order valence-corrected chi connectivity index (χ0v) is 11.3. The van der Waals surface area contributed by atoms with Gasteiger partial charge in [0, 0.05) is 12.3 Å². The monoisotopic (exact) mass is 250 g/mol. The Hall–Kier alpha value is -1.19. The van der Waals surface area contributed by atoms with Gasteiger partial charge in [-0.15, -0.1) is 0 Å². The molecule has 100 valence electrons. The van der Waals surface area contributed by atoms with Crippen LogP contribution in [0.1, 0.15) is 70.0 Å². The highest BCUT2D eigenvalue weighted by atomic mass is 16.5. The highest BCUT2D eigenvalue weighted by Crippen LogP contribution is 2.34. The molecule has 4 nitrogen and oxygen atoms in total. The van der Waals surface area contributed by atoms with Gasteiger partial charge in [-0.3, -0.25) is 4.79 Å². The van der Waals surface area contributed by atoms with E-state index in [9.17, 15) is 4.79 Å². The third-order valence-corrected chi connectivity index (χ3v) is 3.66. The molecule has 18 heavy (non-hydrogen) atoms. The lowest BCUT2D eigenvalue weighted by molar-refractivity contribution is -0.118. The van der Waals surface area contributed by atoms with Crippen molar-refractivity contribution >= 4 is 5.78 Å². The molecule has 1 fully saturated rings. The largest absolute Gasteiger partial charge is 0.339 e. The maximum Gasteiger partial charge on any atom is 0.234 e. The molecule has 1 aliphatic carbocycles. The third-order valence-electron chi connectivity index (χ3n) is 3.66. The van der Waals surface area contributed by atoms with E-state index in [1.807, 2.05) is 6.92 Å². The molecule has 1 saturated carbocycles. The van der Waals surface area contributed by atoms with Gasteiger partial charge in [0.15, 0.2) is 5.82 Å². The molecular formula is C14H22N2O2. The van der Waals surface area contributed by atoms with Gasteiger partial charge in [0.05, 0.1) is 6.42 Å². The minimum atomic E-state index is 0.185. The summed E-state index contributed by atoms with van der Waals surface area (Å²) in [5.41, 5.74) is 0. The van der Waals surface area contributed by atoms with Crippen LogP contribution in [0.25, 0.3) is 0 Å². The van der Waals surface area contributed by atoms with Crippen LogP contribution in [0.15, 0.2) is 4.52 Å². The minimum Gasteiger partial charge on any atom is -0.339 e. The van der Waals surface area contributed by atoms with Gasteiger partial charge in [-0.25, -0.2) is 0 Å². The molecule has 1 aromatic rings. The summed E-state index contributed by atoms with van der Waals surface area (Å²) in [6, 6.07) is 0. The number of hydrogen-bond donors (Lipinski definition) is 0. The van der Waals surface area contributed by atoms with Crippen LogP contribution in [0.5, 0.6) is 0 Å². The summed E-state index contributed by atoms with van der Waals surface area (Å²) in [7, 11) is 0. The number of Topliss-reactive ketones (excluding diaryl/α,β-unsaturated/α-hetero) is 1. The average molecular weight is 250 g/mol. The molecule has 0 bridgehead atoms. The van der Waals surface area contributed by atoms with Crippen molar-refractivity contribution in [2.75, 3.05) is 0 Å². The van der Waals surface area contributed by atoms with Crippen molar-refractivity contribution in [2.24, 2.45) is 5.92 Å². The number of carbonyl (C=O) groups is 1. The van der Waals surface area contributed by atoms with Crippen molar-refractivity contribution in [3.8, 4) is 0 Å². The van der Waals surface area contributed by atoms with Crippen LogP contribution < -0.4 is 0 Å². The van der Waals surface area contributed by atoms with Crippen molar-refractivity contribution in [3.05, 3.63) is 11.7 Å². The summed E-state index contributed by atoms with van der Waals surface area (Å²) >= 11 is 0. The van der Waals surface area contributed by atoms with Gasteiger partial charge in [-0.1, -0.05) is 31.8 Å². The lowest BCUT2D eigenvalue weighted by atomic mass is 9.82. The van der Waals surface area contributed by atoms with Crippen molar-refractivity contribution in [3.63, 3.8) is 0 Å². The number of ketones is 1. The summed E-state index contributed by atoms with van der Waals surface area (Å²) in [4.78, 5) is 15.9. The Bertz CT molecular complexity index is 400. The highest BCUT2D eigenvalue weighted by Gasteiger charge is 2.24. The van der Waals surface area contributed by atoms with E-state index in [0.29, 0.717) is 24.7 Å². The summed E-state index contributed by atoms with van der Waals surface area (Å²) < 4.78 is 5.19. The maximum atomic E-state index is 11.5. The van der Waals surface area contributed by atoms with E-state index in [1.54, 1.807) is 0 Å². The SMILES string of the molecule is CCCC(=O)Cc1nc(C2CCCC(C)C2)no1. The van der Waals surface area contributed by atoms with Crippen LogP contribution in [-0.2, 0) is 11.2 Å². The second-order valence-corrected chi connectivity index (χ2v) is 5.48. The van der Waals surface area contributed by atoms with E-state index in [1.165, 1.54) is 12.8 Å². The number of carbonyl (C=O) groups excluding carboxylic acids is 1. The molecule has 0 radical (unpaired) electrons. The van der Waals surface area contributed by atoms with Crippen molar-refractivity contribution < 1.29 is 9.32 Å². The summed E-state index contributed by atoms with van der Waals surface area (Å²) in [5, 5.41) is 4.05. The summed E-state index contributed by atoms with van der Waals surface area (Å²) in [5.74, 6) is 2.65. The Balaban J connectivity index is 1.95. The van der Waals surface area contributed by atoms with Gasteiger partial charge in [0.25, 0.3) is 0 Å². The Kier molecular flexibility index (Phi) is 4.50. The van der Waals surface area contributed by atoms with E-state index in [4.69, 9.17) is 4.52 Å². The van der Waals surface area contributed by atoms with Gasteiger partial charge in [-0.05, 0) is 25.2 Å². The fraction of sp³-hybridized carbons (Fsp3) is 0.786. The Morgan fingerprint density at radius 3 is 3.00 bits per heavy atom. The van der Waals surface area contributed by atoms with E-state index >= 15 is 0 Å². The molecule has 0 amide bonds. The molecule has 2 unspecified atom stereocenters.